The molecule has 0 fully saturated rings. The lowest BCUT2D eigenvalue weighted by Crippen LogP contribution is -2.41. The molecule has 20 heavy (non-hydrogen) atoms. The van der Waals surface area contributed by atoms with Gasteiger partial charge in [0.1, 0.15) is 6.04 Å². The smallest absolute Gasteiger partial charge is 0.326 e. The number of hydrogen-bond acceptors (Lipinski definition) is 2. The van der Waals surface area contributed by atoms with Crippen molar-refractivity contribution >= 4 is 11.9 Å². The molecule has 4 heteroatoms. The third-order valence-corrected chi connectivity index (χ3v) is 2.89. The Kier molecular flexibility index (Phi) is 7.11. The number of carbonyl (C=O) groups excluding carboxylic acids is 1. The van der Waals surface area contributed by atoms with Crippen LogP contribution in [0.4, 0.5) is 0 Å². The highest BCUT2D eigenvalue weighted by molar-refractivity contribution is 5.91. The molecule has 0 saturated carbocycles. The Morgan fingerprint density at radius 2 is 2.00 bits per heavy atom. The molecule has 0 aliphatic rings. The van der Waals surface area contributed by atoms with Crippen LogP contribution in [0.3, 0.4) is 0 Å². The van der Waals surface area contributed by atoms with Crippen LogP contribution in [0.1, 0.15) is 31.7 Å². The third kappa shape index (κ3) is 6.18. The number of aliphatic carboxylic acids is 1. The van der Waals surface area contributed by atoms with Crippen LogP contribution in [0, 0.1) is 0 Å². The van der Waals surface area contributed by atoms with Gasteiger partial charge in [-0.1, -0.05) is 56.2 Å². The summed E-state index contributed by atoms with van der Waals surface area (Å²) in [5.41, 5.74) is 0.884. The van der Waals surface area contributed by atoms with Gasteiger partial charge in [-0.3, -0.25) is 4.79 Å². The number of carbonyl (C=O) groups is 2. The maximum Gasteiger partial charge on any atom is 0.326 e. The number of benzene rings is 1. The summed E-state index contributed by atoms with van der Waals surface area (Å²) in [7, 11) is 0. The van der Waals surface area contributed by atoms with Crippen molar-refractivity contribution in [1.29, 1.82) is 0 Å². The zero-order valence-electron chi connectivity index (χ0n) is 11.7. The van der Waals surface area contributed by atoms with E-state index in [0.29, 0.717) is 0 Å². The maximum atomic E-state index is 11.7. The summed E-state index contributed by atoms with van der Waals surface area (Å²) in [4.78, 5) is 22.8. The van der Waals surface area contributed by atoms with Crippen LogP contribution < -0.4 is 5.32 Å². The van der Waals surface area contributed by atoms with Gasteiger partial charge in [0, 0.05) is 6.42 Å². The molecule has 0 heterocycles. The van der Waals surface area contributed by atoms with E-state index >= 15 is 0 Å². The fourth-order valence-electron chi connectivity index (χ4n) is 1.78. The lowest BCUT2D eigenvalue weighted by molar-refractivity contribution is -0.141. The minimum Gasteiger partial charge on any atom is -0.480 e. The Hall–Kier alpha value is -2.10. The van der Waals surface area contributed by atoms with Crippen molar-refractivity contribution in [3.05, 3.63) is 48.0 Å². The SMILES string of the molecule is CCCC/C=C/C(=O)N[C@@H](Cc1ccccc1)C(=O)O. The Morgan fingerprint density at radius 1 is 1.30 bits per heavy atom. The highest BCUT2D eigenvalue weighted by Crippen LogP contribution is 2.03. The van der Waals surface area contributed by atoms with Gasteiger partial charge in [0.2, 0.25) is 5.91 Å². The molecule has 1 atom stereocenters. The number of nitrogens with one attached hydrogen (secondary N) is 1. The number of allylic oxidation sites excluding steroid dienone is 1. The van der Waals surface area contributed by atoms with E-state index in [4.69, 9.17) is 5.11 Å². The van der Waals surface area contributed by atoms with Crippen molar-refractivity contribution in [2.24, 2.45) is 0 Å². The van der Waals surface area contributed by atoms with Gasteiger partial charge in [-0.25, -0.2) is 4.79 Å². The lowest BCUT2D eigenvalue weighted by atomic mass is 10.1. The van der Waals surface area contributed by atoms with Crippen molar-refractivity contribution in [2.45, 2.75) is 38.6 Å². The van der Waals surface area contributed by atoms with E-state index in [9.17, 15) is 9.59 Å². The zero-order valence-corrected chi connectivity index (χ0v) is 11.7. The summed E-state index contributed by atoms with van der Waals surface area (Å²) < 4.78 is 0. The first-order chi connectivity index (χ1) is 9.63. The van der Waals surface area contributed by atoms with E-state index in [0.717, 1.165) is 24.8 Å². The molecule has 1 amide bonds. The number of hydrogen-bond donors (Lipinski definition) is 2. The quantitative estimate of drug-likeness (QED) is 0.566. The van der Waals surface area contributed by atoms with Gasteiger partial charge in [0.05, 0.1) is 0 Å². The van der Waals surface area contributed by atoms with Crippen molar-refractivity contribution in [1.82, 2.24) is 5.32 Å². The van der Waals surface area contributed by atoms with E-state index in [1.165, 1.54) is 6.08 Å². The molecule has 2 N–H and O–H groups in total. The second-order valence-electron chi connectivity index (χ2n) is 4.63. The standard InChI is InChI=1S/C16H21NO3/c1-2-3-4-8-11-15(18)17-14(16(19)20)12-13-9-6-5-7-10-13/h5-11,14H,2-4,12H2,1H3,(H,17,18)(H,19,20)/b11-8+/t14-/m0/s1. The Morgan fingerprint density at radius 3 is 2.60 bits per heavy atom. The van der Waals surface area contributed by atoms with Gasteiger partial charge in [-0.2, -0.15) is 0 Å². The van der Waals surface area contributed by atoms with Crippen LogP contribution in [0.2, 0.25) is 0 Å². The number of rotatable bonds is 8. The molecule has 1 aromatic carbocycles. The molecule has 0 unspecified atom stereocenters. The normalized spacial score (nSPS) is 12.2. The molecule has 0 saturated heterocycles. The number of carboxylic acid groups (broad SMARTS) is 1. The van der Waals surface area contributed by atoms with E-state index in [2.05, 4.69) is 12.2 Å². The van der Waals surface area contributed by atoms with Gasteiger partial charge in [-0.15, -0.1) is 0 Å². The minimum atomic E-state index is -1.02. The van der Waals surface area contributed by atoms with Gasteiger partial charge in [0.15, 0.2) is 0 Å². The van der Waals surface area contributed by atoms with E-state index in [1.807, 2.05) is 30.3 Å². The molecule has 0 bridgehead atoms. The van der Waals surface area contributed by atoms with E-state index in [-0.39, 0.29) is 12.3 Å². The Bertz CT molecular complexity index is 454. The highest BCUT2D eigenvalue weighted by atomic mass is 16.4. The molecule has 0 radical (unpaired) electrons. The second kappa shape index (κ2) is 8.91. The lowest BCUT2D eigenvalue weighted by Gasteiger charge is -2.13. The van der Waals surface area contributed by atoms with Crippen LogP contribution in [-0.4, -0.2) is 23.0 Å². The second-order valence-corrected chi connectivity index (χ2v) is 4.63. The fourth-order valence-corrected chi connectivity index (χ4v) is 1.78. The van der Waals surface area contributed by atoms with E-state index < -0.39 is 12.0 Å². The summed E-state index contributed by atoms with van der Waals surface area (Å²) in [5.74, 6) is -1.38. The summed E-state index contributed by atoms with van der Waals surface area (Å²) in [5, 5.41) is 11.7. The Balaban J connectivity index is 2.53. The Labute approximate surface area is 119 Å². The average molecular weight is 275 g/mol. The average Bonchev–Trinajstić information content (AvgIpc) is 2.44. The summed E-state index contributed by atoms with van der Waals surface area (Å²) in [6.45, 7) is 2.08. The van der Waals surface area contributed by atoms with Gasteiger partial charge in [-0.05, 0) is 18.1 Å². The fraction of sp³-hybridized carbons (Fsp3) is 0.375. The van der Waals surface area contributed by atoms with Crippen molar-refractivity contribution < 1.29 is 14.7 Å². The largest absolute Gasteiger partial charge is 0.480 e. The predicted octanol–water partition coefficient (Wildman–Crippen LogP) is 2.54. The first-order valence-corrected chi connectivity index (χ1v) is 6.87. The molecule has 0 aliphatic carbocycles. The molecular weight excluding hydrogens is 254 g/mol. The minimum absolute atomic E-state index is 0.282. The van der Waals surface area contributed by atoms with Crippen LogP contribution in [0.15, 0.2) is 42.5 Å². The molecule has 108 valence electrons. The van der Waals surface area contributed by atoms with Crippen molar-refractivity contribution in [3.63, 3.8) is 0 Å². The number of amides is 1. The maximum absolute atomic E-state index is 11.7. The first kappa shape index (κ1) is 16.0. The van der Waals surface area contributed by atoms with Crippen LogP contribution in [0.25, 0.3) is 0 Å². The molecule has 0 aromatic heterocycles. The van der Waals surface area contributed by atoms with Crippen LogP contribution >= 0.6 is 0 Å². The molecule has 4 nitrogen and oxygen atoms in total. The predicted molar refractivity (Wildman–Crippen MR) is 78.4 cm³/mol. The number of carboxylic acids is 1. The highest BCUT2D eigenvalue weighted by Gasteiger charge is 2.19. The van der Waals surface area contributed by atoms with Gasteiger partial charge < -0.3 is 10.4 Å². The monoisotopic (exact) mass is 275 g/mol. The topological polar surface area (TPSA) is 66.4 Å². The molecular formula is C16H21NO3. The third-order valence-electron chi connectivity index (χ3n) is 2.89. The van der Waals surface area contributed by atoms with Crippen molar-refractivity contribution in [2.75, 3.05) is 0 Å². The zero-order chi connectivity index (χ0) is 14.8. The van der Waals surface area contributed by atoms with E-state index in [1.54, 1.807) is 6.08 Å². The first-order valence-electron chi connectivity index (χ1n) is 6.87. The van der Waals surface area contributed by atoms with Crippen LogP contribution in [-0.2, 0) is 16.0 Å². The summed E-state index contributed by atoms with van der Waals surface area (Å²) in [6.07, 6.45) is 6.40. The molecule has 1 aromatic rings. The van der Waals surface area contributed by atoms with Gasteiger partial charge >= 0.3 is 5.97 Å². The molecule has 0 aliphatic heterocycles. The summed E-state index contributed by atoms with van der Waals surface area (Å²) >= 11 is 0. The van der Waals surface area contributed by atoms with Gasteiger partial charge in [0.25, 0.3) is 0 Å². The molecule has 1 rings (SSSR count). The summed E-state index contributed by atoms with van der Waals surface area (Å²) in [6, 6.07) is 8.36. The number of unbranched alkanes of at least 4 members (excludes halogenated alkanes) is 2. The van der Waals surface area contributed by atoms with Crippen LogP contribution in [0.5, 0.6) is 0 Å². The van der Waals surface area contributed by atoms with Crippen molar-refractivity contribution in [3.8, 4) is 0 Å². The molecule has 0 spiro atoms.